The van der Waals surface area contributed by atoms with E-state index in [0.717, 1.165) is 17.2 Å². The van der Waals surface area contributed by atoms with Gasteiger partial charge in [-0.05, 0) is 42.5 Å². The van der Waals surface area contributed by atoms with Gasteiger partial charge in [0.05, 0.1) is 6.61 Å². The molecule has 1 heterocycles. The number of hydrogen-bond acceptors (Lipinski definition) is 4. The number of pyridine rings is 1. The normalized spacial score (nSPS) is 9.88. The molecule has 3 aromatic rings. The molecule has 0 bridgehead atoms. The van der Waals surface area contributed by atoms with Gasteiger partial charge in [-0.1, -0.05) is 36.4 Å². The quantitative estimate of drug-likeness (QED) is 0.553. The Bertz CT molecular complexity index is 959. The summed E-state index contributed by atoms with van der Waals surface area (Å²) in [4.78, 5) is 24.4. The number of hydrogen-bond donors (Lipinski definition) is 2. The van der Waals surface area contributed by atoms with Gasteiger partial charge in [0.25, 0.3) is 5.56 Å². The molecule has 26 heavy (non-hydrogen) atoms. The molecule has 0 unspecified atom stereocenters. The van der Waals surface area contributed by atoms with Crippen LogP contribution in [-0.4, -0.2) is 22.7 Å². The van der Waals surface area contributed by atoms with Crippen LogP contribution >= 0.6 is 0 Å². The lowest BCUT2D eigenvalue weighted by Crippen LogP contribution is -2.18. The second kappa shape index (κ2) is 9.22. The van der Waals surface area contributed by atoms with Gasteiger partial charge in [-0.3, -0.25) is 4.79 Å². The lowest BCUT2D eigenvalue weighted by Gasteiger charge is -2.05. The van der Waals surface area contributed by atoms with Gasteiger partial charge in [-0.25, -0.2) is 4.79 Å². The lowest BCUT2D eigenvalue weighted by atomic mass is 10.0. The van der Waals surface area contributed by atoms with E-state index in [9.17, 15) is 14.7 Å². The Kier molecular flexibility index (Phi) is 6.74. The van der Waals surface area contributed by atoms with E-state index in [0.29, 0.717) is 5.75 Å². The maximum absolute atomic E-state index is 11.0. The Morgan fingerprint density at radius 2 is 1.88 bits per heavy atom. The Balaban J connectivity index is 0.000000190. The number of esters is 1. The van der Waals surface area contributed by atoms with Crippen molar-refractivity contribution < 1.29 is 14.6 Å². The highest BCUT2D eigenvalue weighted by Crippen LogP contribution is 2.27. The maximum Gasteiger partial charge on any atom is 0.343 e. The molecule has 5 nitrogen and oxygen atoms in total. The molecule has 0 aliphatic heterocycles. The molecule has 0 radical (unpaired) electrons. The van der Waals surface area contributed by atoms with Crippen molar-refractivity contribution in [1.82, 2.24) is 4.98 Å². The van der Waals surface area contributed by atoms with Crippen LogP contribution in [0.25, 0.3) is 10.8 Å². The van der Waals surface area contributed by atoms with E-state index in [2.05, 4.69) is 16.3 Å². The van der Waals surface area contributed by atoms with Crippen LogP contribution in [-0.2, 0) is 11.2 Å². The van der Waals surface area contributed by atoms with E-state index in [1.54, 1.807) is 19.1 Å². The zero-order valence-corrected chi connectivity index (χ0v) is 14.6. The van der Waals surface area contributed by atoms with Crippen molar-refractivity contribution in [2.75, 3.05) is 6.61 Å². The molecular weight excluding hydrogens is 330 g/mol. The zero-order valence-electron chi connectivity index (χ0n) is 14.6. The first-order chi connectivity index (χ1) is 12.6. The first-order valence-corrected chi connectivity index (χ1v) is 8.23. The monoisotopic (exact) mass is 351 g/mol. The number of phenolic OH excluding ortho intramolecular Hbond substituents is 1. The number of rotatable bonds is 4. The number of aromatic amines is 1. The predicted molar refractivity (Wildman–Crippen MR) is 103 cm³/mol. The second-order valence-electron chi connectivity index (χ2n) is 5.42. The Morgan fingerprint density at radius 1 is 1.15 bits per heavy atom. The van der Waals surface area contributed by atoms with E-state index in [-0.39, 0.29) is 12.2 Å². The van der Waals surface area contributed by atoms with E-state index in [1.165, 1.54) is 17.8 Å². The minimum absolute atomic E-state index is 0.0411. The molecule has 0 fully saturated rings. The number of H-pyrrole nitrogens is 1. The van der Waals surface area contributed by atoms with Crippen molar-refractivity contribution >= 4 is 16.7 Å². The molecule has 0 aliphatic rings. The van der Waals surface area contributed by atoms with Crippen molar-refractivity contribution in [2.45, 2.75) is 13.3 Å². The summed E-state index contributed by atoms with van der Waals surface area (Å²) in [5.74, 6) is -0.243. The van der Waals surface area contributed by atoms with Crippen LogP contribution in [0.5, 0.6) is 5.75 Å². The fourth-order valence-corrected chi connectivity index (χ4v) is 2.47. The van der Waals surface area contributed by atoms with Gasteiger partial charge in [-0.2, -0.15) is 0 Å². The number of fused-ring (bicyclic) bond motifs is 1. The smallest absolute Gasteiger partial charge is 0.343 e. The summed E-state index contributed by atoms with van der Waals surface area (Å²) in [6, 6.07) is 14.5. The molecule has 3 rings (SSSR count). The number of phenols is 1. The number of aromatic nitrogens is 1. The third-order valence-electron chi connectivity index (χ3n) is 3.67. The Hall–Kier alpha value is -3.34. The summed E-state index contributed by atoms with van der Waals surface area (Å²) in [5.41, 5.74) is 0.823. The standard InChI is InChI=1S/C13H12O.C8H9NO3/c1-2-5-10-8-9-13(14)12-7-4-3-6-11(10)12;1-2-12-8(11)6-4-3-5-9-7(6)10/h2-4,6-9,14H,1,5H2;3-5H,2H2,1H3,(H,9,10). The molecule has 0 amide bonds. The molecule has 0 spiro atoms. The Labute approximate surface area is 151 Å². The largest absolute Gasteiger partial charge is 0.507 e. The highest BCUT2D eigenvalue weighted by molar-refractivity contribution is 5.91. The summed E-state index contributed by atoms with van der Waals surface area (Å²) in [7, 11) is 0. The molecule has 134 valence electrons. The number of ether oxygens (including phenoxy) is 1. The van der Waals surface area contributed by atoms with Crippen molar-refractivity contribution in [3.8, 4) is 5.75 Å². The van der Waals surface area contributed by atoms with Crippen LogP contribution in [0, 0.1) is 0 Å². The van der Waals surface area contributed by atoms with Crippen LogP contribution in [0.2, 0.25) is 0 Å². The fraction of sp³-hybridized carbons (Fsp3) is 0.143. The SMILES string of the molecule is C=CCc1ccc(O)c2ccccc12.CCOC(=O)c1ccc[nH]c1=O. The van der Waals surface area contributed by atoms with Gasteiger partial charge >= 0.3 is 5.97 Å². The Morgan fingerprint density at radius 3 is 2.54 bits per heavy atom. The van der Waals surface area contributed by atoms with Crippen molar-refractivity contribution in [3.63, 3.8) is 0 Å². The topological polar surface area (TPSA) is 79.4 Å². The van der Waals surface area contributed by atoms with Gasteiger partial charge in [0.15, 0.2) is 0 Å². The van der Waals surface area contributed by atoms with E-state index in [1.807, 2.05) is 36.4 Å². The van der Waals surface area contributed by atoms with E-state index in [4.69, 9.17) is 0 Å². The molecule has 0 atom stereocenters. The van der Waals surface area contributed by atoms with Crippen LogP contribution in [0.3, 0.4) is 0 Å². The predicted octanol–water partition coefficient (Wildman–Crippen LogP) is 3.83. The van der Waals surface area contributed by atoms with E-state index < -0.39 is 11.5 Å². The molecule has 2 aromatic carbocycles. The summed E-state index contributed by atoms with van der Waals surface area (Å²) < 4.78 is 4.65. The van der Waals surface area contributed by atoms with Crippen LogP contribution in [0.15, 0.2) is 72.2 Å². The van der Waals surface area contributed by atoms with E-state index >= 15 is 0 Å². The summed E-state index contributed by atoms with van der Waals surface area (Å²) in [5, 5.41) is 11.7. The van der Waals surface area contributed by atoms with Crippen molar-refractivity contribution in [3.05, 3.63) is 88.9 Å². The van der Waals surface area contributed by atoms with Gasteiger partial charge in [-0.15, -0.1) is 6.58 Å². The number of carbonyl (C=O) groups excluding carboxylic acids is 1. The fourth-order valence-electron chi connectivity index (χ4n) is 2.47. The number of carbonyl (C=O) groups is 1. The minimum Gasteiger partial charge on any atom is -0.507 e. The van der Waals surface area contributed by atoms with Gasteiger partial charge in [0.2, 0.25) is 0 Å². The summed E-state index contributed by atoms with van der Waals surface area (Å²) in [6.07, 6.45) is 4.17. The highest BCUT2D eigenvalue weighted by Gasteiger charge is 2.09. The number of benzene rings is 2. The van der Waals surface area contributed by atoms with Crippen molar-refractivity contribution in [2.24, 2.45) is 0 Å². The number of nitrogens with one attached hydrogen (secondary N) is 1. The van der Waals surface area contributed by atoms with Crippen LogP contribution < -0.4 is 5.56 Å². The van der Waals surface area contributed by atoms with Gasteiger partial charge in [0, 0.05) is 11.6 Å². The maximum atomic E-state index is 11.0. The first-order valence-electron chi connectivity index (χ1n) is 8.23. The summed E-state index contributed by atoms with van der Waals surface area (Å²) in [6.45, 7) is 5.68. The van der Waals surface area contributed by atoms with Crippen LogP contribution in [0.1, 0.15) is 22.8 Å². The number of allylic oxidation sites excluding steroid dienone is 1. The molecule has 0 saturated heterocycles. The molecule has 0 aliphatic carbocycles. The van der Waals surface area contributed by atoms with Crippen molar-refractivity contribution in [1.29, 1.82) is 0 Å². The average Bonchev–Trinajstić information content (AvgIpc) is 2.65. The first kappa shape index (κ1) is 19.0. The third-order valence-corrected chi connectivity index (χ3v) is 3.67. The number of aromatic hydroxyl groups is 1. The van der Waals surface area contributed by atoms with Gasteiger partial charge in [0.1, 0.15) is 11.3 Å². The van der Waals surface area contributed by atoms with Crippen LogP contribution in [0.4, 0.5) is 0 Å². The summed E-state index contributed by atoms with van der Waals surface area (Å²) >= 11 is 0. The van der Waals surface area contributed by atoms with Gasteiger partial charge < -0.3 is 14.8 Å². The average molecular weight is 351 g/mol. The molecule has 0 saturated carbocycles. The molecule has 2 N–H and O–H groups in total. The highest BCUT2D eigenvalue weighted by atomic mass is 16.5. The zero-order chi connectivity index (χ0) is 18.9. The lowest BCUT2D eigenvalue weighted by molar-refractivity contribution is 0.0524. The molecule has 5 heteroatoms. The minimum atomic E-state index is -0.584. The molecule has 1 aromatic heterocycles. The molecular formula is C21H21NO4. The third kappa shape index (κ3) is 4.60. The second-order valence-corrected chi connectivity index (χ2v) is 5.42.